The highest BCUT2D eigenvalue weighted by Crippen LogP contribution is 2.33. The largest absolute Gasteiger partial charge is 0.486 e. The average Bonchev–Trinajstić information content (AvgIpc) is 2.29. The fourth-order valence-corrected chi connectivity index (χ4v) is 1.83. The van der Waals surface area contributed by atoms with Crippen LogP contribution in [0.3, 0.4) is 0 Å². The Morgan fingerprint density at radius 1 is 1.25 bits per heavy atom. The summed E-state index contributed by atoms with van der Waals surface area (Å²) in [5, 5.41) is 9.34. The van der Waals surface area contributed by atoms with Gasteiger partial charge in [-0.05, 0) is 31.8 Å². The van der Waals surface area contributed by atoms with Crippen LogP contribution in [0.5, 0.6) is 11.5 Å². The molecule has 2 rings (SSSR count). The van der Waals surface area contributed by atoms with Crippen LogP contribution < -0.4 is 9.47 Å². The van der Waals surface area contributed by atoms with E-state index in [1.165, 1.54) is 0 Å². The number of rotatable bonds is 3. The second-order valence-electron chi connectivity index (χ2n) is 4.07. The Morgan fingerprint density at radius 2 is 1.94 bits per heavy atom. The summed E-state index contributed by atoms with van der Waals surface area (Å²) >= 11 is 0. The molecule has 1 aromatic carbocycles. The molecule has 0 saturated heterocycles. The predicted molar refractivity (Wildman–Crippen MR) is 60.9 cm³/mol. The quantitative estimate of drug-likeness (QED) is 0.831. The molecule has 1 unspecified atom stereocenters. The van der Waals surface area contributed by atoms with Crippen molar-refractivity contribution < 1.29 is 14.6 Å². The molecular formula is C12H17NO3. The number of aliphatic hydroxyl groups is 1. The maximum Gasteiger partial charge on any atom is 0.161 e. The number of likely N-dealkylation sites (N-methyl/N-ethyl adjacent to an activating group) is 1. The van der Waals surface area contributed by atoms with Crippen LogP contribution in [0, 0.1) is 0 Å². The fourth-order valence-electron chi connectivity index (χ4n) is 1.83. The number of hydrogen-bond donors (Lipinski definition) is 1. The third kappa shape index (κ3) is 2.13. The second kappa shape index (κ2) is 4.72. The van der Waals surface area contributed by atoms with E-state index >= 15 is 0 Å². The molecule has 0 fully saturated rings. The molecule has 88 valence electrons. The summed E-state index contributed by atoms with van der Waals surface area (Å²) < 4.78 is 11.0. The SMILES string of the molecule is CN(C)C(CO)c1ccc2c(c1)OCCO2. The zero-order chi connectivity index (χ0) is 11.5. The first-order valence-electron chi connectivity index (χ1n) is 5.39. The van der Waals surface area contributed by atoms with E-state index in [4.69, 9.17) is 9.47 Å². The minimum atomic E-state index is -0.00386. The summed E-state index contributed by atoms with van der Waals surface area (Å²) in [5.41, 5.74) is 1.04. The predicted octanol–water partition coefficient (Wildman–Crippen LogP) is 1.05. The molecule has 0 radical (unpaired) electrons. The summed E-state index contributed by atoms with van der Waals surface area (Å²) in [7, 11) is 3.88. The van der Waals surface area contributed by atoms with Crippen molar-refractivity contribution in [2.45, 2.75) is 6.04 Å². The first-order chi connectivity index (χ1) is 7.72. The van der Waals surface area contributed by atoms with E-state index in [0.717, 1.165) is 17.1 Å². The molecule has 1 atom stereocenters. The zero-order valence-corrected chi connectivity index (χ0v) is 9.64. The highest BCUT2D eigenvalue weighted by molar-refractivity contribution is 5.44. The number of benzene rings is 1. The van der Waals surface area contributed by atoms with Gasteiger partial charge in [-0.2, -0.15) is 0 Å². The third-order valence-corrected chi connectivity index (χ3v) is 2.75. The van der Waals surface area contributed by atoms with Crippen molar-refractivity contribution in [3.8, 4) is 11.5 Å². The van der Waals surface area contributed by atoms with Crippen LogP contribution in [0.25, 0.3) is 0 Å². The minimum Gasteiger partial charge on any atom is -0.486 e. The molecule has 1 aromatic rings. The van der Waals surface area contributed by atoms with Crippen LogP contribution in [0.4, 0.5) is 0 Å². The van der Waals surface area contributed by atoms with Gasteiger partial charge in [-0.3, -0.25) is 0 Å². The van der Waals surface area contributed by atoms with Crippen LogP contribution in [0.2, 0.25) is 0 Å². The van der Waals surface area contributed by atoms with E-state index in [2.05, 4.69) is 0 Å². The molecule has 1 N–H and O–H groups in total. The van der Waals surface area contributed by atoms with Gasteiger partial charge in [0, 0.05) is 0 Å². The summed E-state index contributed by atoms with van der Waals surface area (Å²) in [5.74, 6) is 1.55. The molecule has 0 spiro atoms. The molecule has 16 heavy (non-hydrogen) atoms. The lowest BCUT2D eigenvalue weighted by atomic mass is 10.1. The third-order valence-electron chi connectivity index (χ3n) is 2.75. The van der Waals surface area contributed by atoms with Gasteiger partial charge >= 0.3 is 0 Å². The Morgan fingerprint density at radius 3 is 2.56 bits per heavy atom. The van der Waals surface area contributed by atoms with Gasteiger partial charge in [-0.1, -0.05) is 6.07 Å². The van der Waals surface area contributed by atoms with Crippen molar-refractivity contribution in [1.29, 1.82) is 0 Å². The Hall–Kier alpha value is -1.26. The molecule has 0 amide bonds. The molecule has 1 heterocycles. The lowest BCUT2D eigenvalue weighted by Gasteiger charge is -2.25. The molecule has 0 bridgehead atoms. The minimum absolute atomic E-state index is 0.00386. The van der Waals surface area contributed by atoms with E-state index in [1.807, 2.05) is 37.2 Å². The van der Waals surface area contributed by atoms with E-state index in [-0.39, 0.29) is 12.6 Å². The molecule has 0 aromatic heterocycles. The average molecular weight is 223 g/mol. The standard InChI is InChI=1S/C12H17NO3/c1-13(2)10(8-14)9-3-4-11-12(7-9)16-6-5-15-11/h3-4,7,10,14H,5-6,8H2,1-2H3. The lowest BCUT2D eigenvalue weighted by Crippen LogP contribution is -2.23. The topological polar surface area (TPSA) is 41.9 Å². The van der Waals surface area contributed by atoms with Gasteiger partial charge in [-0.15, -0.1) is 0 Å². The molecule has 4 nitrogen and oxygen atoms in total. The fraction of sp³-hybridized carbons (Fsp3) is 0.500. The van der Waals surface area contributed by atoms with Crippen LogP contribution in [-0.2, 0) is 0 Å². The molecule has 4 heteroatoms. The van der Waals surface area contributed by atoms with E-state index in [0.29, 0.717) is 13.2 Å². The van der Waals surface area contributed by atoms with Gasteiger partial charge in [0.15, 0.2) is 11.5 Å². The monoisotopic (exact) mass is 223 g/mol. The van der Waals surface area contributed by atoms with Crippen LogP contribution in [0.1, 0.15) is 11.6 Å². The molecule has 1 aliphatic rings. The van der Waals surface area contributed by atoms with E-state index in [9.17, 15) is 5.11 Å². The van der Waals surface area contributed by atoms with Gasteiger partial charge in [0.1, 0.15) is 13.2 Å². The number of fused-ring (bicyclic) bond motifs is 1. The lowest BCUT2D eigenvalue weighted by molar-refractivity contribution is 0.163. The smallest absolute Gasteiger partial charge is 0.161 e. The van der Waals surface area contributed by atoms with Crippen molar-refractivity contribution in [3.63, 3.8) is 0 Å². The molecular weight excluding hydrogens is 206 g/mol. The van der Waals surface area contributed by atoms with Crippen molar-refractivity contribution in [2.75, 3.05) is 33.9 Å². The van der Waals surface area contributed by atoms with Crippen LogP contribution in [0.15, 0.2) is 18.2 Å². The Balaban J connectivity index is 2.28. The van der Waals surface area contributed by atoms with Crippen molar-refractivity contribution in [2.24, 2.45) is 0 Å². The molecule has 0 aliphatic carbocycles. The van der Waals surface area contributed by atoms with Gasteiger partial charge in [-0.25, -0.2) is 0 Å². The number of hydrogen-bond acceptors (Lipinski definition) is 4. The van der Waals surface area contributed by atoms with E-state index < -0.39 is 0 Å². The highest BCUT2D eigenvalue weighted by Gasteiger charge is 2.17. The first kappa shape index (κ1) is 11.2. The number of aliphatic hydroxyl groups excluding tert-OH is 1. The van der Waals surface area contributed by atoms with Crippen LogP contribution >= 0.6 is 0 Å². The van der Waals surface area contributed by atoms with Gasteiger partial charge in [0.2, 0.25) is 0 Å². The normalized spacial score (nSPS) is 16.2. The van der Waals surface area contributed by atoms with Gasteiger partial charge < -0.3 is 19.5 Å². The number of nitrogens with zero attached hydrogens (tertiary/aromatic N) is 1. The maximum atomic E-state index is 9.34. The summed E-state index contributed by atoms with van der Waals surface area (Å²) in [6.45, 7) is 1.28. The second-order valence-corrected chi connectivity index (χ2v) is 4.07. The highest BCUT2D eigenvalue weighted by atomic mass is 16.6. The zero-order valence-electron chi connectivity index (χ0n) is 9.64. The summed E-state index contributed by atoms with van der Waals surface area (Å²) in [6.07, 6.45) is 0. The molecule has 1 aliphatic heterocycles. The first-order valence-corrected chi connectivity index (χ1v) is 5.39. The Kier molecular flexibility index (Phi) is 3.31. The molecule has 0 saturated carbocycles. The maximum absolute atomic E-state index is 9.34. The van der Waals surface area contributed by atoms with Gasteiger partial charge in [0.25, 0.3) is 0 Å². The van der Waals surface area contributed by atoms with E-state index in [1.54, 1.807) is 0 Å². The van der Waals surface area contributed by atoms with Gasteiger partial charge in [0.05, 0.1) is 12.6 Å². The van der Waals surface area contributed by atoms with Crippen molar-refractivity contribution >= 4 is 0 Å². The van der Waals surface area contributed by atoms with Crippen molar-refractivity contribution in [3.05, 3.63) is 23.8 Å². The summed E-state index contributed by atoms with van der Waals surface area (Å²) in [4.78, 5) is 1.98. The summed E-state index contributed by atoms with van der Waals surface area (Å²) in [6, 6.07) is 5.80. The number of ether oxygens (including phenoxy) is 2. The Bertz CT molecular complexity index is 365. The Labute approximate surface area is 95.4 Å². The van der Waals surface area contributed by atoms with Crippen molar-refractivity contribution in [1.82, 2.24) is 4.90 Å². The van der Waals surface area contributed by atoms with Crippen LogP contribution in [-0.4, -0.2) is 43.9 Å².